The number of benzene rings is 1. The monoisotopic (exact) mass is 399 g/mol. The van der Waals surface area contributed by atoms with Crippen molar-refractivity contribution in [2.75, 3.05) is 26.1 Å². The molecule has 3 aromatic rings. The summed E-state index contributed by atoms with van der Waals surface area (Å²) in [6.45, 7) is 1.74. The van der Waals surface area contributed by atoms with E-state index in [2.05, 4.69) is 50.6 Å². The van der Waals surface area contributed by atoms with E-state index >= 15 is 0 Å². The van der Waals surface area contributed by atoms with Gasteiger partial charge in [-0.3, -0.25) is 0 Å². The summed E-state index contributed by atoms with van der Waals surface area (Å²) < 4.78 is 13.1. The highest BCUT2D eigenvalue weighted by Crippen LogP contribution is 2.36. The lowest BCUT2D eigenvalue weighted by molar-refractivity contribution is 0.296. The molecule has 0 saturated heterocycles. The maximum absolute atomic E-state index is 5.81. The van der Waals surface area contributed by atoms with E-state index in [-0.39, 0.29) is 6.04 Å². The molecule has 1 aliphatic rings. The minimum Gasteiger partial charge on any atom is -0.497 e. The standard InChI is InChI=1S/C20H21N3O2S2/c1-24-14-7-8-17(25-2)15(13-14)21-20(26)23-11-10-22-9-3-5-16(22)19(23)18-6-4-12-27-18/h3-9,12-13,19H,10-11H2,1-2H3,(H,21,26)/t19-/m0/s1. The maximum atomic E-state index is 5.81. The molecule has 0 amide bonds. The van der Waals surface area contributed by atoms with Crippen LogP contribution in [0.15, 0.2) is 54.0 Å². The molecule has 27 heavy (non-hydrogen) atoms. The number of aromatic nitrogens is 1. The van der Waals surface area contributed by atoms with Crippen molar-refractivity contribution in [2.24, 2.45) is 0 Å². The van der Waals surface area contributed by atoms with Crippen LogP contribution in [0.1, 0.15) is 16.6 Å². The van der Waals surface area contributed by atoms with Gasteiger partial charge in [-0.25, -0.2) is 0 Å². The summed E-state index contributed by atoms with van der Waals surface area (Å²) in [6, 6.07) is 14.3. The van der Waals surface area contributed by atoms with Gasteiger partial charge < -0.3 is 24.3 Å². The van der Waals surface area contributed by atoms with Gasteiger partial charge in [0.2, 0.25) is 0 Å². The zero-order valence-corrected chi connectivity index (χ0v) is 16.8. The number of nitrogens with zero attached hydrogens (tertiary/aromatic N) is 2. The van der Waals surface area contributed by atoms with E-state index < -0.39 is 0 Å². The van der Waals surface area contributed by atoms with Gasteiger partial charge in [0.1, 0.15) is 17.5 Å². The number of nitrogens with one attached hydrogen (secondary N) is 1. The first-order chi connectivity index (χ1) is 13.2. The zero-order valence-electron chi connectivity index (χ0n) is 15.2. The fourth-order valence-electron chi connectivity index (χ4n) is 3.45. The van der Waals surface area contributed by atoms with Crippen LogP contribution in [0.2, 0.25) is 0 Å². The van der Waals surface area contributed by atoms with Crippen molar-refractivity contribution < 1.29 is 9.47 Å². The SMILES string of the molecule is COc1ccc(OC)c(NC(=S)N2CCn3cccc3[C@H]2c2cccs2)c1. The number of fused-ring (bicyclic) bond motifs is 1. The van der Waals surface area contributed by atoms with Gasteiger partial charge in [0.25, 0.3) is 0 Å². The molecule has 7 heteroatoms. The molecule has 0 spiro atoms. The minimum atomic E-state index is 0.102. The van der Waals surface area contributed by atoms with E-state index in [0.717, 1.165) is 30.3 Å². The van der Waals surface area contributed by atoms with Crippen molar-refractivity contribution in [1.82, 2.24) is 9.47 Å². The average Bonchev–Trinajstić information content (AvgIpc) is 3.38. The molecule has 0 unspecified atom stereocenters. The molecule has 4 rings (SSSR count). The summed E-state index contributed by atoms with van der Waals surface area (Å²) in [5.41, 5.74) is 2.05. The molecular weight excluding hydrogens is 378 g/mol. The first-order valence-corrected chi connectivity index (χ1v) is 9.98. The first kappa shape index (κ1) is 17.9. The average molecular weight is 400 g/mol. The summed E-state index contributed by atoms with van der Waals surface area (Å²) in [4.78, 5) is 3.52. The number of anilines is 1. The van der Waals surface area contributed by atoms with Crippen LogP contribution in [-0.4, -0.2) is 35.3 Å². The van der Waals surface area contributed by atoms with Crippen LogP contribution < -0.4 is 14.8 Å². The summed E-state index contributed by atoms with van der Waals surface area (Å²) in [5, 5.41) is 6.15. The third-order valence-corrected chi connectivity index (χ3v) is 6.02. The Labute approximate surface area is 168 Å². The molecule has 1 atom stereocenters. The second-order valence-electron chi connectivity index (χ2n) is 6.23. The Morgan fingerprint density at radius 3 is 2.78 bits per heavy atom. The Hall–Kier alpha value is -2.51. The highest BCUT2D eigenvalue weighted by Gasteiger charge is 2.31. The molecule has 0 saturated carbocycles. The molecular formula is C20H21N3O2S2. The predicted octanol–water partition coefficient (Wildman–Crippen LogP) is 4.37. The summed E-state index contributed by atoms with van der Waals surface area (Å²) in [5.74, 6) is 1.48. The minimum absolute atomic E-state index is 0.102. The third-order valence-electron chi connectivity index (χ3n) is 4.76. The normalized spacial score (nSPS) is 15.9. The van der Waals surface area contributed by atoms with E-state index in [1.807, 2.05) is 18.2 Å². The number of rotatable bonds is 4. The Morgan fingerprint density at radius 2 is 2.04 bits per heavy atom. The van der Waals surface area contributed by atoms with E-state index in [4.69, 9.17) is 21.7 Å². The fourth-order valence-corrected chi connectivity index (χ4v) is 4.60. The van der Waals surface area contributed by atoms with Gasteiger partial charge in [-0.2, -0.15) is 0 Å². The van der Waals surface area contributed by atoms with Gasteiger partial charge in [-0.05, 0) is 47.9 Å². The van der Waals surface area contributed by atoms with Gasteiger partial charge >= 0.3 is 0 Å². The Morgan fingerprint density at radius 1 is 1.15 bits per heavy atom. The van der Waals surface area contributed by atoms with Crippen molar-refractivity contribution in [3.05, 3.63) is 64.6 Å². The van der Waals surface area contributed by atoms with Crippen LogP contribution >= 0.6 is 23.6 Å². The summed E-state index contributed by atoms with van der Waals surface area (Å²) in [7, 11) is 3.30. The van der Waals surface area contributed by atoms with Gasteiger partial charge in [-0.1, -0.05) is 6.07 Å². The van der Waals surface area contributed by atoms with E-state index in [1.165, 1.54) is 10.6 Å². The molecule has 0 aliphatic carbocycles. The van der Waals surface area contributed by atoms with Crippen molar-refractivity contribution in [1.29, 1.82) is 0 Å². The van der Waals surface area contributed by atoms with Crippen molar-refractivity contribution in [3.8, 4) is 11.5 Å². The van der Waals surface area contributed by atoms with Crippen LogP contribution in [0.5, 0.6) is 11.5 Å². The molecule has 0 bridgehead atoms. The lowest BCUT2D eigenvalue weighted by atomic mass is 10.1. The van der Waals surface area contributed by atoms with Crippen molar-refractivity contribution >= 4 is 34.4 Å². The number of ether oxygens (including phenoxy) is 2. The lowest BCUT2D eigenvalue weighted by Crippen LogP contribution is -2.44. The first-order valence-electron chi connectivity index (χ1n) is 8.69. The second kappa shape index (κ2) is 7.62. The highest BCUT2D eigenvalue weighted by molar-refractivity contribution is 7.80. The number of hydrogen-bond donors (Lipinski definition) is 1. The molecule has 3 heterocycles. The van der Waals surface area contributed by atoms with Crippen molar-refractivity contribution in [3.63, 3.8) is 0 Å². The molecule has 5 nitrogen and oxygen atoms in total. The Kier molecular flexibility index (Phi) is 5.05. The highest BCUT2D eigenvalue weighted by atomic mass is 32.1. The largest absolute Gasteiger partial charge is 0.497 e. The molecule has 1 aromatic carbocycles. The molecule has 1 N–H and O–H groups in total. The number of methoxy groups -OCH3 is 2. The maximum Gasteiger partial charge on any atom is 0.174 e. The third kappa shape index (κ3) is 3.40. The van der Waals surface area contributed by atoms with Crippen LogP contribution in [-0.2, 0) is 6.54 Å². The summed E-state index contributed by atoms with van der Waals surface area (Å²) >= 11 is 7.56. The summed E-state index contributed by atoms with van der Waals surface area (Å²) in [6.07, 6.45) is 2.13. The van der Waals surface area contributed by atoms with Gasteiger partial charge in [-0.15, -0.1) is 11.3 Å². The van der Waals surface area contributed by atoms with Gasteiger partial charge in [0.15, 0.2) is 5.11 Å². The zero-order chi connectivity index (χ0) is 18.8. The fraction of sp³-hybridized carbons (Fsp3) is 0.250. The van der Waals surface area contributed by atoms with E-state index in [0.29, 0.717) is 5.11 Å². The molecule has 1 aliphatic heterocycles. The van der Waals surface area contributed by atoms with E-state index in [1.54, 1.807) is 25.6 Å². The van der Waals surface area contributed by atoms with Crippen LogP contribution in [0.25, 0.3) is 0 Å². The molecule has 140 valence electrons. The molecule has 0 radical (unpaired) electrons. The quantitative estimate of drug-likeness (QED) is 0.660. The molecule has 0 fully saturated rings. The van der Waals surface area contributed by atoms with Gasteiger partial charge in [0.05, 0.1) is 19.9 Å². The van der Waals surface area contributed by atoms with Crippen molar-refractivity contribution in [2.45, 2.75) is 12.6 Å². The second-order valence-corrected chi connectivity index (χ2v) is 7.60. The van der Waals surface area contributed by atoms with Crippen LogP contribution in [0.3, 0.4) is 0 Å². The molecule has 2 aromatic heterocycles. The number of thiophene rings is 1. The Balaban J connectivity index is 1.65. The predicted molar refractivity (Wildman–Crippen MR) is 113 cm³/mol. The van der Waals surface area contributed by atoms with Crippen LogP contribution in [0.4, 0.5) is 5.69 Å². The topological polar surface area (TPSA) is 38.7 Å². The van der Waals surface area contributed by atoms with E-state index in [9.17, 15) is 0 Å². The Bertz CT molecular complexity index is 937. The smallest absolute Gasteiger partial charge is 0.174 e. The van der Waals surface area contributed by atoms with Gasteiger partial charge in [0, 0.05) is 35.9 Å². The number of hydrogen-bond acceptors (Lipinski definition) is 4. The van der Waals surface area contributed by atoms with Crippen LogP contribution in [0, 0.1) is 0 Å². The number of thiocarbonyl (C=S) groups is 1. The lowest BCUT2D eigenvalue weighted by Gasteiger charge is -2.38.